The third-order valence-corrected chi connectivity index (χ3v) is 8.64. The summed E-state index contributed by atoms with van der Waals surface area (Å²) in [6.07, 6.45) is 1.51. The summed E-state index contributed by atoms with van der Waals surface area (Å²) in [5.74, 6) is -9.10. The van der Waals surface area contributed by atoms with Gasteiger partial charge in [0.25, 0.3) is 0 Å². The van der Waals surface area contributed by atoms with Crippen molar-refractivity contribution in [2.24, 2.45) is 35.5 Å². The van der Waals surface area contributed by atoms with E-state index in [0.717, 1.165) is 9.80 Å². The van der Waals surface area contributed by atoms with Crippen LogP contribution in [0.1, 0.15) is 0 Å². The molecular formula is C26H16Cl4N2O6. The van der Waals surface area contributed by atoms with E-state index in [-0.39, 0.29) is 37.0 Å². The lowest BCUT2D eigenvalue weighted by molar-refractivity contribution is -0.145. The number of hydrogen-bond acceptors (Lipinski definition) is 6. The van der Waals surface area contributed by atoms with Crippen LogP contribution >= 0.6 is 46.4 Å². The molecule has 7 rings (SSSR count). The van der Waals surface area contributed by atoms with Crippen LogP contribution in [0.15, 0.2) is 48.0 Å². The van der Waals surface area contributed by atoms with Crippen molar-refractivity contribution in [3.05, 3.63) is 68.1 Å². The summed E-state index contributed by atoms with van der Waals surface area (Å²) in [6, 6.07) is 8.64. The molecule has 2 aliphatic heterocycles. The van der Waals surface area contributed by atoms with Crippen LogP contribution in [-0.2, 0) is 28.7 Å². The Hall–Kier alpha value is -2.91. The lowest BCUT2D eigenvalue weighted by Crippen LogP contribution is -2.53. The fourth-order valence-corrected chi connectivity index (χ4v) is 7.55. The highest BCUT2D eigenvalue weighted by atomic mass is 35.5. The van der Waals surface area contributed by atoms with E-state index in [0.29, 0.717) is 0 Å². The van der Waals surface area contributed by atoms with E-state index in [4.69, 9.17) is 51.1 Å². The SMILES string of the molecule is COC(=O)C1=CC2[C@H]3C(=O)N(c4cc(Cl)cc(Cl)c4)C(=O)[C@H]3C1[C@@H]1C(=O)N(c3cc(Cl)cc(Cl)c3)C(=O)[C@H]21. The Morgan fingerprint density at radius 2 is 1.00 bits per heavy atom. The molecule has 3 aliphatic carbocycles. The van der Waals surface area contributed by atoms with E-state index in [9.17, 15) is 24.0 Å². The molecule has 4 amide bonds. The van der Waals surface area contributed by atoms with Gasteiger partial charge in [-0.15, -0.1) is 0 Å². The van der Waals surface area contributed by atoms with Gasteiger partial charge in [0.2, 0.25) is 23.6 Å². The van der Waals surface area contributed by atoms with Crippen LogP contribution in [0, 0.1) is 35.5 Å². The number of hydrogen-bond donors (Lipinski definition) is 0. The Labute approximate surface area is 236 Å². The molecule has 0 aromatic heterocycles. The highest BCUT2D eigenvalue weighted by molar-refractivity contribution is 6.37. The molecule has 0 radical (unpaired) electrons. The van der Waals surface area contributed by atoms with Gasteiger partial charge in [-0.25, -0.2) is 14.6 Å². The maximum Gasteiger partial charge on any atom is 0.333 e. The molecule has 2 aromatic carbocycles. The summed E-state index contributed by atoms with van der Waals surface area (Å²) in [6.45, 7) is 0. The maximum atomic E-state index is 13.8. The highest BCUT2D eigenvalue weighted by Crippen LogP contribution is 2.61. The highest BCUT2D eigenvalue weighted by Gasteiger charge is 2.71. The van der Waals surface area contributed by atoms with Gasteiger partial charge >= 0.3 is 5.97 Å². The Morgan fingerprint density at radius 1 is 0.632 bits per heavy atom. The lowest BCUT2D eigenvalue weighted by Gasteiger charge is -2.46. The van der Waals surface area contributed by atoms with Gasteiger partial charge in [0.1, 0.15) is 0 Å². The zero-order valence-electron chi connectivity index (χ0n) is 19.4. The smallest absolute Gasteiger partial charge is 0.333 e. The number of halogens is 4. The number of nitrogens with zero attached hydrogens (tertiary/aromatic N) is 2. The number of benzene rings is 2. The molecule has 2 saturated heterocycles. The average molecular weight is 594 g/mol. The lowest BCUT2D eigenvalue weighted by atomic mass is 9.52. The quantitative estimate of drug-likeness (QED) is 0.382. The van der Waals surface area contributed by atoms with Crippen LogP contribution in [0.3, 0.4) is 0 Å². The van der Waals surface area contributed by atoms with Gasteiger partial charge in [0.05, 0.1) is 42.2 Å². The molecule has 5 aliphatic rings. The van der Waals surface area contributed by atoms with E-state index < -0.39 is 65.1 Å². The van der Waals surface area contributed by atoms with Gasteiger partial charge in [0.15, 0.2) is 0 Å². The first kappa shape index (κ1) is 25.4. The molecule has 194 valence electrons. The number of ether oxygens (including phenoxy) is 1. The molecule has 4 atom stereocenters. The van der Waals surface area contributed by atoms with E-state index in [1.54, 1.807) is 0 Å². The number of methoxy groups -OCH3 is 1. The molecule has 2 heterocycles. The molecule has 0 N–H and O–H groups in total. The topological polar surface area (TPSA) is 101 Å². The van der Waals surface area contributed by atoms with Crippen LogP contribution in [-0.4, -0.2) is 36.7 Å². The molecule has 1 saturated carbocycles. The van der Waals surface area contributed by atoms with Crippen molar-refractivity contribution in [2.75, 3.05) is 16.9 Å². The van der Waals surface area contributed by atoms with Gasteiger partial charge in [-0.1, -0.05) is 52.5 Å². The summed E-state index contributed by atoms with van der Waals surface area (Å²) >= 11 is 24.5. The Balaban J connectivity index is 1.48. The van der Waals surface area contributed by atoms with E-state index in [2.05, 4.69) is 0 Å². The van der Waals surface area contributed by atoms with E-state index >= 15 is 0 Å². The summed E-state index contributed by atoms with van der Waals surface area (Å²) in [5.41, 5.74) is 0.437. The summed E-state index contributed by atoms with van der Waals surface area (Å²) in [4.78, 5) is 69.9. The number of esters is 1. The molecule has 0 spiro atoms. The number of carbonyl (C=O) groups excluding carboxylic acids is 5. The van der Waals surface area contributed by atoms with Crippen molar-refractivity contribution in [3.63, 3.8) is 0 Å². The zero-order valence-corrected chi connectivity index (χ0v) is 22.4. The Bertz CT molecular complexity index is 1390. The fourth-order valence-electron chi connectivity index (χ4n) is 6.52. The minimum atomic E-state index is -1.06. The Kier molecular flexibility index (Phi) is 5.88. The predicted molar refractivity (Wildman–Crippen MR) is 139 cm³/mol. The van der Waals surface area contributed by atoms with Crippen LogP contribution in [0.25, 0.3) is 0 Å². The van der Waals surface area contributed by atoms with Crippen molar-refractivity contribution in [2.45, 2.75) is 0 Å². The average Bonchev–Trinajstić information content (AvgIpc) is 3.28. The fraction of sp³-hybridized carbons (Fsp3) is 0.269. The second-order valence-corrected chi connectivity index (χ2v) is 11.3. The standard InChI is InChI=1S/C26H16Cl4N2O6/c1-38-26(37)16-8-15-18-20(24(35)31(22(18)33)13-4-9(27)2-10(28)5-13)17(16)21-19(15)23(34)32(25(21)36)14-6-11(29)3-12(30)7-14/h2-8,15,17-21H,1H3/t15?,17?,18-,19-,20+,21+/m1/s1. The van der Waals surface area contributed by atoms with E-state index in [1.165, 1.54) is 49.6 Å². The van der Waals surface area contributed by atoms with Crippen molar-refractivity contribution in [3.8, 4) is 0 Å². The molecule has 8 nitrogen and oxygen atoms in total. The molecular weight excluding hydrogens is 578 g/mol. The zero-order chi connectivity index (χ0) is 27.2. The summed E-state index contributed by atoms with van der Waals surface area (Å²) in [5, 5.41) is 0.879. The first-order chi connectivity index (χ1) is 18.0. The van der Waals surface area contributed by atoms with Crippen molar-refractivity contribution in [1.82, 2.24) is 0 Å². The molecule has 2 aromatic rings. The summed E-state index contributed by atoms with van der Waals surface area (Å²) < 4.78 is 4.95. The second kappa shape index (κ2) is 8.81. The molecule has 2 bridgehead atoms. The maximum absolute atomic E-state index is 13.8. The van der Waals surface area contributed by atoms with Crippen LogP contribution in [0.5, 0.6) is 0 Å². The minimum Gasteiger partial charge on any atom is -0.466 e. The van der Waals surface area contributed by atoms with Crippen molar-refractivity contribution >= 4 is 87.4 Å². The normalized spacial score (nSPS) is 29.6. The van der Waals surface area contributed by atoms with Crippen LogP contribution in [0.4, 0.5) is 11.4 Å². The molecule has 12 heteroatoms. The largest absolute Gasteiger partial charge is 0.466 e. The molecule has 0 unspecified atom stereocenters. The third kappa shape index (κ3) is 3.47. The van der Waals surface area contributed by atoms with E-state index in [1.807, 2.05) is 0 Å². The second-order valence-electron chi connectivity index (χ2n) is 9.60. The van der Waals surface area contributed by atoms with Crippen LogP contribution < -0.4 is 9.80 Å². The Morgan fingerprint density at radius 3 is 1.37 bits per heavy atom. The summed E-state index contributed by atoms with van der Waals surface area (Å²) in [7, 11) is 1.18. The van der Waals surface area contributed by atoms with Crippen molar-refractivity contribution < 1.29 is 28.7 Å². The van der Waals surface area contributed by atoms with Gasteiger partial charge in [-0.05, 0) is 36.4 Å². The number of rotatable bonds is 3. The number of amides is 4. The minimum absolute atomic E-state index is 0.0965. The van der Waals surface area contributed by atoms with Gasteiger partial charge < -0.3 is 4.74 Å². The van der Waals surface area contributed by atoms with Gasteiger partial charge in [-0.3, -0.25) is 19.2 Å². The number of imide groups is 2. The number of allylic oxidation sites excluding steroid dienone is 1. The van der Waals surface area contributed by atoms with Gasteiger partial charge in [-0.2, -0.15) is 0 Å². The molecule has 38 heavy (non-hydrogen) atoms. The first-order valence-electron chi connectivity index (χ1n) is 11.5. The third-order valence-electron chi connectivity index (χ3n) is 7.76. The van der Waals surface area contributed by atoms with Gasteiger partial charge in [0, 0.05) is 37.5 Å². The number of carbonyl (C=O) groups is 5. The monoisotopic (exact) mass is 592 g/mol. The van der Waals surface area contributed by atoms with Crippen molar-refractivity contribution in [1.29, 1.82) is 0 Å². The number of anilines is 2. The van der Waals surface area contributed by atoms with Crippen LogP contribution in [0.2, 0.25) is 20.1 Å². The molecule has 3 fully saturated rings. The first-order valence-corrected chi connectivity index (χ1v) is 13.0. The predicted octanol–water partition coefficient (Wildman–Crippen LogP) is 4.57.